The van der Waals surface area contributed by atoms with E-state index < -0.39 is 0 Å². The van der Waals surface area contributed by atoms with Crippen molar-refractivity contribution in [1.29, 1.82) is 0 Å². The lowest BCUT2D eigenvalue weighted by molar-refractivity contribution is 0.0729. The predicted molar refractivity (Wildman–Crippen MR) is 118 cm³/mol. The first-order valence-electron chi connectivity index (χ1n) is 9.87. The topological polar surface area (TPSA) is 66.1 Å². The van der Waals surface area contributed by atoms with E-state index in [2.05, 4.69) is 9.97 Å². The molecule has 150 valence electrons. The highest BCUT2D eigenvalue weighted by atomic mass is 16.2. The third-order valence-electron chi connectivity index (χ3n) is 5.12. The van der Waals surface area contributed by atoms with Crippen molar-refractivity contribution in [2.45, 2.75) is 26.9 Å². The van der Waals surface area contributed by atoms with Gasteiger partial charge in [-0.1, -0.05) is 35.4 Å². The van der Waals surface area contributed by atoms with Crippen LogP contribution >= 0.6 is 0 Å². The fourth-order valence-electron chi connectivity index (χ4n) is 3.48. The lowest BCUT2D eigenvalue weighted by Gasteiger charge is -2.23. The molecule has 2 aromatic carbocycles. The Morgan fingerprint density at radius 2 is 1.73 bits per heavy atom. The molecule has 0 atom stereocenters. The first-order chi connectivity index (χ1) is 14.5. The zero-order valence-electron chi connectivity index (χ0n) is 17.1. The predicted octanol–water partition coefficient (Wildman–Crippen LogP) is 4.38. The molecule has 4 rings (SSSR count). The number of carbonyl (C=O) groups is 1. The number of hydrogen-bond donors (Lipinski definition) is 1. The van der Waals surface area contributed by atoms with Crippen molar-refractivity contribution in [1.82, 2.24) is 14.9 Å². The van der Waals surface area contributed by atoms with Crippen molar-refractivity contribution >= 4 is 16.8 Å². The lowest BCUT2D eigenvalue weighted by Crippen LogP contribution is -2.32. The monoisotopic (exact) mass is 397 g/mol. The molecule has 1 N–H and O–H groups in total. The molecule has 0 fully saturated rings. The minimum Gasteiger partial charge on any atom is -0.330 e. The van der Waals surface area contributed by atoms with Gasteiger partial charge in [0.25, 0.3) is 11.5 Å². The number of carbonyl (C=O) groups excluding carboxylic acids is 1. The van der Waals surface area contributed by atoms with Crippen LogP contribution in [0.1, 0.15) is 32.6 Å². The van der Waals surface area contributed by atoms with E-state index in [4.69, 9.17) is 0 Å². The van der Waals surface area contributed by atoms with E-state index >= 15 is 0 Å². The molecule has 0 aliphatic carbocycles. The molecular weight excluding hydrogens is 374 g/mol. The number of amides is 1. The molecule has 0 spiro atoms. The molecule has 5 heteroatoms. The van der Waals surface area contributed by atoms with Gasteiger partial charge >= 0.3 is 0 Å². The minimum absolute atomic E-state index is 0.123. The summed E-state index contributed by atoms with van der Waals surface area (Å²) in [4.78, 5) is 34.8. The molecule has 0 aliphatic rings. The second kappa shape index (κ2) is 8.33. The third-order valence-corrected chi connectivity index (χ3v) is 5.12. The summed E-state index contributed by atoms with van der Waals surface area (Å²) in [7, 11) is 0. The molecule has 4 aromatic rings. The SMILES string of the molecule is Cc1ccc(C(=O)N(Cc2cccnc2)Cc2cc3cc(C)ccc3[nH]c2=O)cc1. The number of benzene rings is 2. The first-order valence-corrected chi connectivity index (χ1v) is 9.87. The molecule has 0 bridgehead atoms. The fraction of sp³-hybridized carbons (Fsp3) is 0.160. The van der Waals surface area contributed by atoms with Gasteiger partial charge in [-0.2, -0.15) is 0 Å². The van der Waals surface area contributed by atoms with Crippen LogP contribution in [0.3, 0.4) is 0 Å². The molecular formula is C25H23N3O2. The molecule has 0 radical (unpaired) electrons. The number of aryl methyl sites for hydroxylation is 2. The van der Waals surface area contributed by atoms with E-state index in [1.54, 1.807) is 17.3 Å². The highest BCUT2D eigenvalue weighted by Gasteiger charge is 2.18. The number of fused-ring (bicyclic) bond motifs is 1. The maximum Gasteiger partial charge on any atom is 0.254 e. The smallest absolute Gasteiger partial charge is 0.254 e. The quantitative estimate of drug-likeness (QED) is 0.543. The molecule has 30 heavy (non-hydrogen) atoms. The van der Waals surface area contributed by atoms with Crippen molar-refractivity contribution in [3.8, 4) is 0 Å². The number of aromatic nitrogens is 2. The number of pyridine rings is 2. The largest absolute Gasteiger partial charge is 0.330 e. The van der Waals surface area contributed by atoms with Gasteiger partial charge in [0.1, 0.15) is 0 Å². The molecule has 2 aromatic heterocycles. The van der Waals surface area contributed by atoms with Crippen molar-refractivity contribution in [2.24, 2.45) is 0 Å². The Hall–Kier alpha value is -3.73. The van der Waals surface area contributed by atoms with Gasteiger partial charge in [0.2, 0.25) is 0 Å². The first kappa shape index (κ1) is 19.6. The van der Waals surface area contributed by atoms with Crippen LogP contribution in [0.15, 0.2) is 77.9 Å². The van der Waals surface area contributed by atoms with Crippen LogP contribution in [0, 0.1) is 13.8 Å². The molecule has 0 saturated carbocycles. The van der Waals surface area contributed by atoms with Gasteiger partial charge in [0.05, 0.1) is 6.54 Å². The Balaban J connectivity index is 1.71. The van der Waals surface area contributed by atoms with Gasteiger partial charge < -0.3 is 9.88 Å². The van der Waals surface area contributed by atoms with Crippen molar-refractivity contribution in [3.63, 3.8) is 0 Å². The number of aromatic amines is 1. The van der Waals surface area contributed by atoms with Crippen molar-refractivity contribution in [2.75, 3.05) is 0 Å². The van der Waals surface area contributed by atoms with E-state index in [1.807, 2.05) is 74.5 Å². The van der Waals surface area contributed by atoms with Crippen LogP contribution < -0.4 is 5.56 Å². The average molecular weight is 397 g/mol. The molecule has 0 aliphatic heterocycles. The average Bonchev–Trinajstić information content (AvgIpc) is 2.75. The third kappa shape index (κ3) is 4.30. The molecule has 0 saturated heterocycles. The van der Waals surface area contributed by atoms with Gasteiger partial charge in [0.15, 0.2) is 0 Å². The Morgan fingerprint density at radius 3 is 2.47 bits per heavy atom. The molecule has 5 nitrogen and oxygen atoms in total. The van der Waals surface area contributed by atoms with Gasteiger partial charge in [-0.25, -0.2) is 0 Å². The van der Waals surface area contributed by atoms with Gasteiger partial charge in [-0.05, 0) is 61.2 Å². The summed E-state index contributed by atoms with van der Waals surface area (Å²) >= 11 is 0. The second-order valence-electron chi connectivity index (χ2n) is 7.60. The number of nitrogens with zero attached hydrogens (tertiary/aromatic N) is 2. The van der Waals surface area contributed by atoms with Gasteiger partial charge in [0, 0.05) is 35.6 Å². The maximum atomic E-state index is 13.3. The maximum absolute atomic E-state index is 13.3. The molecule has 2 heterocycles. The van der Waals surface area contributed by atoms with Crippen LogP contribution in [0.4, 0.5) is 0 Å². The Labute approximate surface area is 175 Å². The molecule has 0 unspecified atom stereocenters. The Morgan fingerprint density at radius 1 is 0.967 bits per heavy atom. The normalized spacial score (nSPS) is 10.9. The number of H-pyrrole nitrogens is 1. The number of rotatable bonds is 5. The zero-order valence-corrected chi connectivity index (χ0v) is 17.1. The van der Waals surface area contributed by atoms with E-state index in [1.165, 1.54) is 0 Å². The van der Waals surface area contributed by atoms with E-state index in [0.717, 1.165) is 27.6 Å². The zero-order chi connectivity index (χ0) is 21.1. The van der Waals surface area contributed by atoms with E-state index in [0.29, 0.717) is 17.7 Å². The van der Waals surface area contributed by atoms with E-state index in [-0.39, 0.29) is 18.0 Å². The van der Waals surface area contributed by atoms with E-state index in [9.17, 15) is 9.59 Å². The second-order valence-corrected chi connectivity index (χ2v) is 7.60. The highest BCUT2D eigenvalue weighted by Crippen LogP contribution is 2.17. The van der Waals surface area contributed by atoms with Crippen LogP contribution in [0.2, 0.25) is 0 Å². The van der Waals surface area contributed by atoms with Crippen LogP contribution in [0.25, 0.3) is 10.9 Å². The summed E-state index contributed by atoms with van der Waals surface area (Å²) in [5.41, 5.74) is 4.87. The van der Waals surface area contributed by atoms with Gasteiger partial charge in [-0.3, -0.25) is 14.6 Å². The van der Waals surface area contributed by atoms with Gasteiger partial charge in [-0.15, -0.1) is 0 Å². The Kier molecular flexibility index (Phi) is 5.44. The standard InChI is InChI=1S/C25H23N3O2/c1-17-5-8-20(9-6-17)25(30)28(15-19-4-3-11-26-14-19)16-22-13-21-12-18(2)7-10-23(21)27-24(22)29/h3-14H,15-16H2,1-2H3,(H,27,29). The lowest BCUT2D eigenvalue weighted by atomic mass is 10.1. The number of nitrogens with one attached hydrogen (secondary N) is 1. The summed E-state index contributed by atoms with van der Waals surface area (Å²) in [6, 6.07) is 19.0. The number of hydrogen-bond acceptors (Lipinski definition) is 3. The van der Waals surface area contributed by atoms with Crippen LogP contribution in [-0.2, 0) is 13.1 Å². The van der Waals surface area contributed by atoms with Crippen molar-refractivity contribution < 1.29 is 4.79 Å². The minimum atomic E-state index is -0.181. The summed E-state index contributed by atoms with van der Waals surface area (Å²) in [5.74, 6) is -0.123. The summed E-state index contributed by atoms with van der Waals surface area (Å²) in [6.07, 6.45) is 3.44. The summed E-state index contributed by atoms with van der Waals surface area (Å²) in [5, 5.41) is 0.953. The van der Waals surface area contributed by atoms with Crippen LogP contribution in [-0.4, -0.2) is 20.8 Å². The highest BCUT2D eigenvalue weighted by molar-refractivity contribution is 5.94. The van der Waals surface area contributed by atoms with Crippen LogP contribution in [0.5, 0.6) is 0 Å². The molecule has 1 amide bonds. The summed E-state index contributed by atoms with van der Waals surface area (Å²) < 4.78 is 0. The fourth-order valence-corrected chi connectivity index (χ4v) is 3.48. The van der Waals surface area contributed by atoms with Crippen molar-refractivity contribution in [3.05, 3.63) is 111 Å². The Bertz CT molecular complexity index is 1250. The summed E-state index contributed by atoms with van der Waals surface area (Å²) in [6.45, 7) is 4.57.